The molecule has 3 aromatic carbocycles. The molecular formula is C29H31N3O5S2. The Kier molecular flexibility index (Phi) is 7.88. The van der Waals surface area contributed by atoms with Crippen molar-refractivity contribution in [3.05, 3.63) is 76.7 Å². The van der Waals surface area contributed by atoms with Gasteiger partial charge in [0.25, 0.3) is 5.91 Å². The van der Waals surface area contributed by atoms with E-state index in [1.54, 1.807) is 30.3 Å². The van der Waals surface area contributed by atoms with Crippen molar-refractivity contribution in [3.8, 4) is 11.5 Å². The van der Waals surface area contributed by atoms with Gasteiger partial charge in [0.2, 0.25) is 0 Å². The largest absolute Gasteiger partial charge is 0.496 e. The zero-order chi connectivity index (χ0) is 27.6. The highest BCUT2D eigenvalue weighted by molar-refractivity contribution is 8.04. The molecule has 2 aliphatic rings. The summed E-state index contributed by atoms with van der Waals surface area (Å²) in [6.45, 7) is 4.04. The second-order valence-corrected chi connectivity index (χ2v) is 12.6. The molecule has 3 aromatic rings. The van der Waals surface area contributed by atoms with E-state index in [4.69, 9.17) is 9.47 Å². The Balaban J connectivity index is 1.37. The van der Waals surface area contributed by atoms with Gasteiger partial charge in [-0.15, -0.1) is 0 Å². The molecule has 39 heavy (non-hydrogen) atoms. The third kappa shape index (κ3) is 5.93. The average Bonchev–Trinajstić information content (AvgIpc) is 2.94. The molecule has 0 aliphatic carbocycles. The monoisotopic (exact) mass is 565 g/mol. The molecule has 5 rings (SSSR count). The van der Waals surface area contributed by atoms with Crippen LogP contribution in [-0.4, -0.2) is 66.7 Å². The summed E-state index contributed by atoms with van der Waals surface area (Å²) in [5.41, 5.74) is 3.11. The van der Waals surface area contributed by atoms with Crippen molar-refractivity contribution in [3.63, 3.8) is 0 Å². The molecule has 1 amide bonds. The van der Waals surface area contributed by atoms with Gasteiger partial charge in [0, 0.05) is 36.8 Å². The predicted molar refractivity (Wildman–Crippen MR) is 155 cm³/mol. The van der Waals surface area contributed by atoms with Gasteiger partial charge < -0.3 is 24.6 Å². The average molecular weight is 566 g/mol. The number of nitrogens with one attached hydrogen (secondary N) is 1. The van der Waals surface area contributed by atoms with E-state index in [0.717, 1.165) is 37.4 Å². The van der Waals surface area contributed by atoms with Crippen LogP contribution in [0.25, 0.3) is 6.08 Å². The number of hydrogen-bond acceptors (Lipinski definition) is 8. The Morgan fingerprint density at radius 3 is 2.26 bits per heavy atom. The molecule has 204 valence electrons. The first kappa shape index (κ1) is 27.1. The van der Waals surface area contributed by atoms with Crippen molar-refractivity contribution < 1.29 is 22.7 Å². The molecule has 0 bridgehead atoms. The number of amides is 1. The molecular weight excluding hydrogens is 534 g/mol. The third-order valence-corrected chi connectivity index (χ3v) is 9.65. The summed E-state index contributed by atoms with van der Waals surface area (Å²) in [5, 5.41) is 2.89. The van der Waals surface area contributed by atoms with Gasteiger partial charge in [-0.2, -0.15) is 0 Å². The highest BCUT2D eigenvalue weighted by atomic mass is 32.2. The minimum Gasteiger partial charge on any atom is -0.496 e. The topological polar surface area (TPSA) is 88.2 Å². The van der Waals surface area contributed by atoms with Crippen LogP contribution < -0.4 is 19.7 Å². The van der Waals surface area contributed by atoms with Crippen LogP contribution in [0.2, 0.25) is 0 Å². The number of likely N-dealkylation sites (N-methyl/N-ethyl adjacent to an activating group) is 1. The summed E-state index contributed by atoms with van der Waals surface area (Å²) in [6, 6.07) is 18.1. The highest BCUT2D eigenvalue weighted by Gasteiger charge is 2.26. The molecule has 10 heteroatoms. The number of carbonyl (C=O) groups is 1. The van der Waals surface area contributed by atoms with Gasteiger partial charge in [-0.1, -0.05) is 30.0 Å². The van der Waals surface area contributed by atoms with Crippen molar-refractivity contribution in [2.45, 2.75) is 15.5 Å². The van der Waals surface area contributed by atoms with Crippen LogP contribution in [0.4, 0.5) is 11.4 Å². The van der Waals surface area contributed by atoms with Crippen molar-refractivity contribution in [2.75, 3.05) is 57.7 Å². The zero-order valence-electron chi connectivity index (χ0n) is 22.1. The lowest BCUT2D eigenvalue weighted by atomic mass is 10.1. The molecule has 2 heterocycles. The number of fused-ring (bicyclic) bond motifs is 1. The molecule has 0 unspecified atom stereocenters. The number of ether oxygens (including phenoxy) is 2. The van der Waals surface area contributed by atoms with Crippen LogP contribution in [0.3, 0.4) is 0 Å². The lowest BCUT2D eigenvalue weighted by Crippen LogP contribution is -2.44. The Labute approximate surface area is 233 Å². The van der Waals surface area contributed by atoms with Gasteiger partial charge in [0.1, 0.15) is 11.5 Å². The van der Waals surface area contributed by atoms with Crippen LogP contribution in [0.1, 0.15) is 11.1 Å². The van der Waals surface area contributed by atoms with Gasteiger partial charge in [0.05, 0.1) is 41.0 Å². The molecule has 0 radical (unpaired) electrons. The lowest BCUT2D eigenvalue weighted by molar-refractivity contribution is -0.112. The first-order valence-corrected chi connectivity index (χ1v) is 15.1. The van der Waals surface area contributed by atoms with E-state index in [1.807, 2.05) is 18.2 Å². The summed E-state index contributed by atoms with van der Waals surface area (Å²) in [5.74, 6) is 0.394. The van der Waals surface area contributed by atoms with E-state index in [0.29, 0.717) is 32.6 Å². The minimum absolute atomic E-state index is 0.161. The molecule has 8 nitrogen and oxygen atoms in total. The predicted octanol–water partition coefficient (Wildman–Crippen LogP) is 4.51. The number of rotatable bonds is 7. The maximum absolute atomic E-state index is 13.4. The van der Waals surface area contributed by atoms with Crippen molar-refractivity contribution in [1.82, 2.24) is 4.90 Å². The highest BCUT2D eigenvalue weighted by Crippen LogP contribution is 2.41. The zero-order valence-corrected chi connectivity index (χ0v) is 23.8. The Hall–Kier alpha value is -3.47. The van der Waals surface area contributed by atoms with E-state index in [1.165, 1.54) is 32.0 Å². The first-order chi connectivity index (χ1) is 18.8. The van der Waals surface area contributed by atoms with Crippen LogP contribution in [-0.2, 0) is 20.4 Å². The summed E-state index contributed by atoms with van der Waals surface area (Å²) in [6.07, 6.45) is 1.83. The van der Waals surface area contributed by atoms with E-state index in [9.17, 15) is 13.2 Å². The second kappa shape index (κ2) is 11.3. The van der Waals surface area contributed by atoms with Crippen LogP contribution in [0.15, 0.2) is 75.4 Å². The molecule has 0 atom stereocenters. The van der Waals surface area contributed by atoms with Gasteiger partial charge in [0.15, 0.2) is 9.84 Å². The normalized spacial score (nSPS) is 17.1. The van der Waals surface area contributed by atoms with Gasteiger partial charge in [-0.05, 0) is 61.2 Å². The van der Waals surface area contributed by atoms with Crippen molar-refractivity contribution >= 4 is 45.0 Å². The molecule has 0 saturated carbocycles. The second-order valence-electron chi connectivity index (χ2n) is 9.50. The number of hydrogen-bond donors (Lipinski definition) is 1. The summed E-state index contributed by atoms with van der Waals surface area (Å²) < 4.78 is 37.6. The van der Waals surface area contributed by atoms with Crippen molar-refractivity contribution in [1.29, 1.82) is 0 Å². The molecule has 0 spiro atoms. The molecule has 2 aliphatic heterocycles. The minimum atomic E-state index is -3.73. The Morgan fingerprint density at radius 2 is 1.62 bits per heavy atom. The fourth-order valence-electron chi connectivity index (χ4n) is 4.67. The van der Waals surface area contributed by atoms with Gasteiger partial charge >= 0.3 is 0 Å². The van der Waals surface area contributed by atoms with Crippen LogP contribution >= 0.6 is 11.8 Å². The quantitative estimate of drug-likeness (QED) is 0.419. The number of nitrogens with zero attached hydrogens (tertiary/aromatic N) is 2. The fourth-order valence-corrected chi connectivity index (χ4v) is 7.14. The van der Waals surface area contributed by atoms with Crippen molar-refractivity contribution in [2.24, 2.45) is 0 Å². The third-order valence-electron chi connectivity index (χ3n) is 6.93. The number of benzene rings is 3. The smallest absolute Gasteiger partial charge is 0.262 e. The summed E-state index contributed by atoms with van der Waals surface area (Å²) in [4.78, 5) is 18.8. The summed E-state index contributed by atoms with van der Waals surface area (Å²) in [7, 11) is 1.39. The fraction of sp³-hybridized carbons (Fsp3) is 0.276. The van der Waals surface area contributed by atoms with E-state index < -0.39 is 9.84 Å². The number of sulfone groups is 1. The standard InChI is InChI=1S/C29H31N3O5S2/c1-31-13-15-32(16-14-31)21-9-7-20(8-10-21)17-28-29(33)30-24-12-11-22(18-27(24)38-28)39(34,35)19-23-25(36-2)5-4-6-26(23)37-3/h4-12,17-18H,13-16,19H2,1-3H3,(H,30,33). The number of thioether (sulfide) groups is 1. The van der Waals surface area contributed by atoms with Gasteiger partial charge in [-0.25, -0.2) is 8.42 Å². The van der Waals surface area contributed by atoms with Crippen LogP contribution in [0.5, 0.6) is 11.5 Å². The number of anilines is 2. The number of methoxy groups -OCH3 is 2. The SMILES string of the molecule is COc1cccc(OC)c1CS(=O)(=O)c1ccc2c(c1)SC(=Cc1ccc(N3CCN(C)CC3)cc1)C(=O)N2. The van der Waals surface area contributed by atoms with Crippen LogP contribution in [0, 0.1) is 0 Å². The lowest BCUT2D eigenvalue weighted by Gasteiger charge is -2.34. The molecule has 1 fully saturated rings. The number of piperazine rings is 1. The maximum Gasteiger partial charge on any atom is 0.262 e. The Bertz CT molecular complexity index is 1490. The van der Waals surface area contributed by atoms with E-state index >= 15 is 0 Å². The maximum atomic E-state index is 13.4. The summed E-state index contributed by atoms with van der Waals surface area (Å²) >= 11 is 1.26. The molecule has 1 saturated heterocycles. The molecule has 0 aromatic heterocycles. The first-order valence-electron chi connectivity index (χ1n) is 12.6. The Morgan fingerprint density at radius 1 is 0.949 bits per heavy atom. The van der Waals surface area contributed by atoms with E-state index in [-0.39, 0.29) is 16.6 Å². The molecule has 1 N–H and O–H groups in total. The van der Waals surface area contributed by atoms with Gasteiger partial charge in [-0.3, -0.25) is 4.79 Å². The number of carbonyl (C=O) groups excluding carboxylic acids is 1. The van der Waals surface area contributed by atoms with E-state index in [2.05, 4.69) is 34.3 Å².